The number of ether oxygens (including phenoxy) is 3. The summed E-state index contributed by atoms with van der Waals surface area (Å²) in [4.78, 5) is 24.2. The van der Waals surface area contributed by atoms with E-state index in [1.807, 2.05) is 35.8 Å². The molecule has 37 heavy (non-hydrogen) atoms. The molecule has 0 fully saturated rings. The Morgan fingerprint density at radius 2 is 1.68 bits per heavy atom. The van der Waals surface area contributed by atoms with Crippen LogP contribution in [0.4, 0.5) is 11.4 Å². The fourth-order valence-corrected chi connectivity index (χ4v) is 4.36. The van der Waals surface area contributed by atoms with E-state index in [-0.39, 0.29) is 17.6 Å². The molecule has 3 aromatic rings. The standard InChI is InChI=1S/C26H33N5O5S/c1-16(2)14-31-25(17(3)36-23-10-8-7-9-22(23)35-6)29-30-26(31)37-15-24(33)28-19-11-12-21(34-5)20(13-19)27-18(4)32/h7-13,16-17H,14-15H2,1-6H3,(H,27,32)(H,28,33). The number of hydrogen-bond donors (Lipinski definition) is 2. The number of hydrogen-bond acceptors (Lipinski definition) is 8. The van der Waals surface area contributed by atoms with Crippen LogP contribution in [0.1, 0.15) is 39.6 Å². The molecule has 0 saturated heterocycles. The summed E-state index contributed by atoms with van der Waals surface area (Å²) in [6.07, 6.45) is -0.391. The molecule has 0 aliphatic rings. The van der Waals surface area contributed by atoms with Gasteiger partial charge < -0.3 is 29.4 Å². The van der Waals surface area contributed by atoms with Crippen molar-refractivity contribution in [3.05, 3.63) is 48.3 Å². The van der Waals surface area contributed by atoms with Crippen LogP contribution in [-0.4, -0.2) is 46.6 Å². The van der Waals surface area contributed by atoms with Gasteiger partial charge in [0.05, 0.1) is 25.7 Å². The minimum absolute atomic E-state index is 0.124. The normalized spacial score (nSPS) is 11.6. The van der Waals surface area contributed by atoms with Gasteiger partial charge in [-0.2, -0.15) is 0 Å². The summed E-state index contributed by atoms with van der Waals surface area (Å²) in [5.74, 6) is 2.41. The summed E-state index contributed by atoms with van der Waals surface area (Å²) < 4.78 is 18.8. The van der Waals surface area contributed by atoms with Crippen molar-refractivity contribution in [1.29, 1.82) is 0 Å². The van der Waals surface area contributed by atoms with Gasteiger partial charge >= 0.3 is 0 Å². The molecule has 0 aliphatic carbocycles. The van der Waals surface area contributed by atoms with Crippen molar-refractivity contribution in [2.75, 3.05) is 30.6 Å². The average molecular weight is 528 g/mol. The lowest BCUT2D eigenvalue weighted by Gasteiger charge is -2.19. The van der Waals surface area contributed by atoms with Gasteiger partial charge in [-0.1, -0.05) is 37.7 Å². The molecule has 1 unspecified atom stereocenters. The number of thioether (sulfide) groups is 1. The Morgan fingerprint density at radius 3 is 2.32 bits per heavy atom. The summed E-state index contributed by atoms with van der Waals surface area (Å²) in [5, 5.41) is 14.9. The Balaban J connectivity index is 1.71. The maximum Gasteiger partial charge on any atom is 0.234 e. The summed E-state index contributed by atoms with van der Waals surface area (Å²) in [6, 6.07) is 12.5. The van der Waals surface area contributed by atoms with Crippen molar-refractivity contribution in [2.45, 2.75) is 45.5 Å². The molecule has 2 aromatic carbocycles. The van der Waals surface area contributed by atoms with Crippen molar-refractivity contribution < 1.29 is 23.8 Å². The number of para-hydroxylation sites is 2. The zero-order chi connectivity index (χ0) is 26.9. The number of amides is 2. The fourth-order valence-electron chi connectivity index (χ4n) is 3.60. The number of aromatic nitrogens is 3. The van der Waals surface area contributed by atoms with Crippen LogP contribution in [0.15, 0.2) is 47.6 Å². The number of carbonyl (C=O) groups excluding carboxylic acids is 2. The molecule has 198 valence electrons. The van der Waals surface area contributed by atoms with E-state index >= 15 is 0 Å². The number of nitrogens with zero attached hydrogens (tertiary/aromatic N) is 3. The van der Waals surface area contributed by atoms with Gasteiger partial charge in [0.1, 0.15) is 5.75 Å². The molecule has 2 amide bonds. The maximum absolute atomic E-state index is 12.7. The van der Waals surface area contributed by atoms with Crippen LogP contribution in [0.2, 0.25) is 0 Å². The minimum atomic E-state index is -0.391. The molecule has 0 spiro atoms. The topological polar surface area (TPSA) is 117 Å². The molecular weight excluding hydrogens is 494 g/mol. The lowest BCUT2D eigenvalue weighted by atomic mass is 10.2. The van der Waals surface area contributed by atoms with E-state index in [0.717, 1.165) is 0 Å². The number of anilines is 2. The Bertz CT molecular complexity index is 1230. The van der Waals surface area contributed by atoms with Gasteiger partial charge in [0, 0.05) is 19.2 Å². The second-order valence-electron chi connectivity index (χ2n) is 8.69. The summed E-state index contributed by atoms with van der Waals surface area (Å²) in [6.45, 7) is 8.19. The Morgan fingerprint density at radius 1 is 0.973 bits per heavy atom. The van der Waals surface area contributed by atoms with E-state index in [0.29, 0.717) is 52.1 Å². The van der Waals surface area contributed by atoms with E-state index in [4.69, 9.17) is 14.2 Å². The summed E-state index contributed by atoms with van der Waals surface area (Å²) >= 11 is 1.29. The van der Waals surface area contributed by atoms with Crippen molar-refractivity contribution in [1.82, 2.24) is 14.8 Å². The van der Waals surface area contributed by atoms with Gasteiger partial charge in [0.25, 0.3) is 0 Å². The smallest absolute Gasteiger partial charge is 0.234 e. The van der Waals surface area contributed by atoms with Crippen molar-refractivity contribution >= 4 is 35.0 Å². The van der Waals surface area contributed by atoms with Crippen molar-refractivity contribution in [3.63, 3.8) is 0 Å². The number of benzene rings is 2. The molecule has 10 nitrogen and oxygen atoms in total. The van der Waals surface area contributed by atoms with Gasteiger partial charge in [-0.05, 0) is 43.2 Å². The average Bonchev–Trinajstić information content (AvgIpc) is 3.24. The van der Waals surface area contributed by atoms with Gasteiger partial charge in [0.2, 0.25) is 11.8 Å². The van der Waals surface area contributed by atoms with Gasteiger partial charge in [-0.15, -0.1) is 10.2 Å². The first kappa shape index (κ1) is 27.9. The number of methoxy groups -OCH3 is 2. The molecule has 1 heterocycles. The molecular formula is C26H33N5O5S. The maximum atomic E-state index is 12.7. The number of carbonyl (C=O) groups is 2. The SMILES string of the molecule is COc1ccc(NC(=O)CSc2nnc(C(C)Oc3ccccc3OC)n2CC(C)C)cc1NC(C)=O. The van der Waals surface area contributed by atoms with Crippen LogP contribution >= 0.6 is 11.8 Å². The predicted octanol–water partition coefficient (Wildman–Crippen LogP) is 4.78. The van der Waals surface area contributed by atoms with E-state index in [1.165, 1.54) is 25.8 Å². The third kappa shape index (κ3) is 7.63. The van der Waals surface area contributed by atoms with E-state index < -0.39 is 6.10 Å². The molecule has 0 saturated carbocycles. The van der Waals surface area contributed by atoms with E-state index in [2.05, 4.69) is 34.7 Å². The molecule has 0 bridgehead atoms. The van der Waals surface area contributed by atoms with Crippen molar-refractivity contribution in [2.24, 2.45) is 5.92 Å². The molecule has 0 radical (unpaired) electrons. The second kappa shape index (κ2) is 13.0. The number of rotatable bonds is 12. The lowest BCUT2D eigenvalue weighted by Crippen LogP contribution is -2.17. The highest BCUT2D eigenvalue weighted by molar-refractivity contribution is 7.99. The number of nitrogens with one attached hydrogen (secondary N) is 2. The highest BCUT2D eigenvalue weighted by Gasteiger charge is 2.22. The molecule has 3 rings (SSSR count). The van der Waals surface area contributed by atoms with Crippen LogP contribution in [-0.2, 0) is 16.1 Å². The van der Waals surface area contributed by atoms with Gasteiger partial charge in [0.15, 0.2) is 28.6 Å². The largest absolute Gasteiger partial charge is 0.495 e. The van der Waals surface area contributed by atoms with E-state index in [9.17, 15) is 9.59 Å². The Labute approximate surface area is 221 Å². The van der Waals surface area contributed by atoms with Crippen LogP contribution in [0.5, 0.6) is 17.2 Å². The molecule has 1 aromatic heterocycles. The Hall–Kier alpha value is -3.73. The van der Waals surface area contributed by atoms with E-state index in [1.54, 1.807) is 25.3 Å². The molecule has 1 atom stereocenters. The summed E-state index contributed by atoms with van der Waals surface area (Å²) in [5.41, 5.74) is 1.02. The predicted molar refractivity (Wildman–Crippen MR) is 144 cm³/mol. The van der Waals surface area contributed by atoms with Crippen molar-refractivity contribution in [3.8, 4) is 17.2 Å². The van der Waals surface area contributed by atoms with Crippen LogP contribution in [0.3, 0.4) is 0 Å². The van der Waals surface area contributed by atoms with Crippen LogP contribution in [0.25, 0.3) is 0 Å². The molecule has 11 heteroatoms. The zero-order valence-corrected chi connectivity index (χ0v) is 22.7. The van der Waals surface area contributed by atoms with Crippen LogP contribution in [0, 0.1) is 5.92 Å². The zero-order valence-electron chi connectivity index (χ0n) is 21.9. The lowest BCUT2D eigenvalue weighted by molar-refractivity contribution is -0.114. The quantitative estimate of drug-likeness (QED) is 0.323. The minimum Gasteiger partial charge on any atom is -0.495 e. The highest BCUT2D eigenvalue weighted by atomic mass is 32.2. The first-order chi connectivity index (χ1) is 17.7. The molecule has 2 N–H and O–H groups in total. The second-order valence-corrected chi connectivity index (χ2v) is 9.63. The summed E-state index contributed by atoms with van der Waals surface area (Å²) in [7, 11) is 3.11. The highest BCUT2D eigenvalue weighted by Crippen LogP contribution is 2.32. The first-order valence-electron chi connectivity index (χ1n) is 11.8. The van der Waals surface area contributed by atoms with Crippen LogP contribution < -0.4 is 24.8 Å². The Kier molecular flexibility index (Phi) is 9.78. The first-order valence-corrected chi connectivity index (χ1v) is 12.8. The monoisotopic (exact) mass is 527 g/mol. The van der Waals surface area contributed by atoms with Gasteiger partial charge in [-0.3, -0.25) is 9.59 Å². The third-order valence-corrected chi connectivity index (χ3v) is 6.12. The fraction of sp³-hybridized carbons (Fsp3) is 0.385. The molecule has 0 aliphatic heterocycles. The van der Waals surface area contributed by atoms with Gasteiger partial charge in [-0.25, -0.2) is 0 Å². The third-order valence-electron chi connectivity index (χ3n) is 5.16.